The number of aromatic nitrogens is 4. The SMILES string of the molecule is CCc1nn(C)c(-n2ccc(C)n2)c1N. The van der Waals surface area contributed by atoms with Gasteiger partial charge in [0, 0.05) is 13.2 Å². The van der Waals surface area contributed by atoms with E-state index in [1.807, 2.05) is 33.2 Å². The van der Waals surface area contributed by atoms with E-state index < -0.39 is 0 Å². The van der Waals surface area contributed by atoms with Gasteiger partial charge in [-0.15, -0.1) is 0 Å². The second kappa shape index (κ2) is 3.42. The Hall–Kier alpha value is -1.78. The molecular weight excluding hydrogens is 190 g/mol. The van der Waals surface area contributed by atoms with E-state index >= 15 is 0 Å². The van der Waals surface area contributed by atoms with E-state index in [1.165, 1.54) is 0 Å². The van der Waals surface area contributed by atoms with Gasteiger partial charge in [0.25, 0.3) is 0 Å². The van der Waals surface area contributed by atoms with Gasteiger partial charge >= 0.3 is 0 Å². The van der Waals surface area contributed by atoms with Crippen molar-refractivity contribution in [2.24, 2.45) is 7.05 Å². The topological polar surface area (TPSA) is 61.7 Å². The summed E-state index contributed by atoms with van der Waals surface area (Å²) in [5, 5.41) is 8.67. The molecule has 0 saturated heterocycles. The molecule has 0 amide bonds. The minimum absolute atomic E-state index is 0.711. The van der Waals surface area contributed by atoms with Crippen molar-refractivity contribution in [2.45, 2.75) is 20.3 Å². The minimum atomic E-state index is 0.711. The molecule has 0 aromatic carbocycles. The van der Waals surface area contributed by atoms with Gasteiger partial charge < -0.3 is 5.73 Å². The van der Waals surface area contributed by atoms with Gasteiger partial charge in [-0.2, -0.15) is 10.2 Å². The zero-order chi connectivity index (χ0) is 11.0. The summed E-state index contributed by atoms with van der Waals surface area (Å²) in [6.45, 7) is 3.99. The number of anilines is 1. The number of nitrogen functional groups attached to an aromatic ring is 1. The van der Waals surface area contributed by atoms with Crippen molar-refractivity contribution in [2.75, 3.05) is 5.73 Å². The Morgan fingerprint density at radius 3 is 2.60 bits per heavy atom. The van der Waals surface area contributed by atoms with Crippen molar-refractivity contribution in [3.05, 3.63) is 23.7 Å². The summed E-state index contributed by atoms with van der Waals surface area (Å²) < 4.78 is 3.53. The first kappa shape index (κ1) is 9.76. The molecule has 80 valence electrons. The quantitative estimate of drug-likeness (QED) is 0.797. The first-order valence-corrected chi connectivity index (χ1v) is 4.97. The van der Waals surface area contributed by atoms with Gasteiger partial charge in [-0.1, -0.05) is 6.92 Å². The van der Waals surface area contributed by atoms with E-state index in [2.05, 4.69) is 10.2 Å². The molecule has 5 heteroatoms. The number of hydrogen-bond donors (Lipinski definition) is 1. The molecule has 0 bridgehead atoms. The van der Waals surface area contributed by atoms with Gasteiger partial charge in [-0.25, -0.2) is 9.36 Å². The van der Waals surface area contributed by atoms with Crippen molar-refractivity contribution in [3.63, 3.8) is 0 Å². The molecule has 0 spiro atoms. The van der Waals surface area contributed by atoms with Gasteiger partial charge in [-0.3, -0.25) is 0 Å². The molecule has 0 aliphatic heterocycles. The highest BCUT2D eigenvalue weighted by Gasteiger charge is 2.13. The lowest BCUT2D eigenvalue weighted by molar-refractivity contribution is 0.687. The first-order valence-electron chi connectivity index (χ1n) is 4.97. The van der Waals surface area contributed by atoms with E-state index in [1.54, 1.807) is 9.36 Å². The van der Waals surface area contributed by atoms with Crippen molar-refractivity contribution < 1.29 is 0 Å². The van der Waals surface area contributed by atoms with Crippen LogP contribution in [-0.2, 0) is 13.5 Å². The van der Waals surface area contributed by atoms with Gasteiger partial charge in [0.2, 0.25) is 0 Å². The van der Waals surface area contributed by atoms with Gasteiger partial charge in [0.15, 0.2) is 5.82 Å². The molecule has 2 aromatic heterocycles. The van der Waals surface area contributed by atoms with Crippen LogP contribution in [-0.4, -0.2) is 19.6 Å². The third-order valence-corrected chi connectivity index (χ3v) is 2.40. The molecule has 0 saturated carbocycles. The molecule has 2 rings (SSSR count). The van der Waals surface area contributed by atoms with Crippen molar-refractivity contribution in [1.29, 1.82) is 0 Å². The molecule has 0 aliphatic rings. The van der Waals surface area contributed by atoms with Crippen LogP contribution in [0.3, 0.4) is 0 Å². The van der Waals surface area contributed by atoms with E-state index in [0.717, 1.165) is 23.6 Å². The predicted molar refractivity (Wildman–Crippen MR) is 58.9 cm³/mol. The van der Waals surface area contributed by atoms with Crippen LogP contribution in [0, 0.1) is 6.92 Å². The lowest BCUT2D eigenvalue weighted by Gasteiger charge is -2.02. The Bertz CT molecular complexity index is 480. The molecule has 0 atom stereocenters. The fourth-order valence-corrected chi connectivity index (χ4v) is 1.65. The Labute approximate surface area is 88.5 Å². The zero-order valence-electron chi connectivity index (χ0n) is 9.23. The Morgan fingerprint density at radius 2 is 2.13 bits per heavy atom. The van der Waals surface area contributed by atoms with Crippen LogP contribution in [0.2, 0.25) is 0 Å². The summed E-state index contributed by atoms with van der Waals surface area (Å²) in [6.07, 6.45) is 2.72. The molecule has 15 heavy (non-hydrogen) atoms. The molecule has 2 N–H and O–H groups in total. The fraction of sp³-hybridized carbons (Fsp3) is 0.400. The molecular formula is C10H15N5. The monoisotopic (exact) mass is 205 g/mol. The van der Waals surface area contributed by atoms with Gasteiger partial charge in [0.05, 0.1) is 11.4 Å². The van der Waals surface area contributed by atoms with Crippen LogP contribution in [0.1, 0.15) is 18.3 Å². The molecule has 0 radical (unpaired) electrons. The van der Waals surface area contributed by atoms with Gasteiger partial charge in [0.1, 0.15) is 5.69 Å². The van der Waals surface area contributed by atoms with Crippen LogP contribution >= 0.6 is 0 Å². The number of nitrogens with zero attached hydrogens (tertiary/aromatic N) is 4. The smallest absolute Gasteiger partial charge is 0.175 e. The summed E-state index contributed by atoms with van der Waals surface area (Å²) in [4.78, 5) is 0. The summed E-state index contributed by atoms with van der Waals surface area (Å²) >= 11 is 0. The van der Waals surface area contributed by atoms with Gasteiger partial charge in [-0.05, 0) is 19.4 Å². The van der Waals surface area contributed by atoms with E-state index in [9.17, 15) is 0 Å². The summed E-state index contributed by atoms with van der Waals surface area (Å²) in [6, 6.07) is 1.94. The number of aryl methyl sites for hydroxylation is 3. The largest absolute Gasteiger partial charge is 0.394 e. The highest BCUT2D eigenvalue weighted by Crippen LogP contribution is 2.20. The molecule has 2 aromatic rings. The number of hydrogen-bond acceptors (Lipinski definition) is 3. The fourth-order valence-electron chi connectivity index (χ4n) is 1.65. The first-order chi connectivity index (χ1) is 7.13. The maximum absolute atomic E-state index is 6.01. The normalized spacial score (nSPS) is 10.9. The molecule has 0 fully saturated rings. The molecule has 0 unspecified atom stereocenters. The van der Waals surface area contributed by atoms with Crippen molar-refractivity contribution in [1.82, 2.24) is 19.6 Å². The Balaban J connectivity index is 2.57. The zero-order valence-corrected chi connectivity index (χ0v) is 9.23. The van der Waals surface area contributed by atoms with Crippen molar-refractivity contribution in [3.8, 4) is 5.82 Å². The maximum Gasteiger partial charge on any atom is 0.175 e. The van der Waals surface area contributed by atoms with Crippen LogP contribution < -0.4 is 5.73 Å². The second-order valence-corrected chi connectivity index (χ2v) is 3.56. The molecule has 2 heterocycles. The standard InChI is InChI=1S/C10H15N5/c1-4-8-9(11)10(14(3)13-8)15-6-5-7(2)12-15/h5-6H,4,11H2,1-3H3. The summed E-state index contributed by atoms with van der Waals surface area (Å²) in [5.41, 5.74) is 8.61. The Kier molecular flexibility index (Phi) is 2.22. The number of nitrogens with two attached hydrogens (primary N) is 1. The van der Waals surface area contributed by atoms with E-state index in [4.69, 9.17) is 5.73 Å². The van der Waals surface area contributed by atoms with Crippen LogP contribution in [0.15, 0.2) is 12.3 Å². The lowest BCUT2D eigenvalue weighted by atomic mass is 10.3. The highest BCUT2D eigenvalue weighted by molar-refractivity contribution is 5.57. The lowest BCUT2D eigenvalue weighted by Crippen LogP contribution is -2.05. The third kappa shape index (κ3) is 1.49. The van der Waals surface area contributed by atoms with Crippen LogP contribution in [0.4, 0.5) is 5.69 Å². The predicted octanol–water partition coefficient (Wildman–Crippen LogP) is 1.06. The summed E-state index contributed by atoms with van der Waals surface area (Å²) in [7, 11) is 1.88. The van der Waals surface area contributed by atoms with E-state index in [0.29, 0.717) is 5.69 Å². The molecule has 0 aliphatic carbocycles. The van der Waals surface area contributed by atoms with Crippen LogP contribution in [0.5, 0.6) is 0 Å². The second-order valence-electron chi connectivity index (χ2n) is 3.56. The van der Waals surface area contributed by atoms with Crippen molar-refractivity contribution >= 4 is 5.69 Å². The maximum atomic E-state index is 6.01. The molecule has 5 nitrogen and oxygen atoms in total. The Morgan fingerprint density at radius 1 is 1.40 bits per heavy atom. The number of rotatable bonds is 2. The summed E-state index contributed by atoms with van der Waals surface area (Å²) in [5.74, 6) is 0.833. The minimum Gasteiger partial charge on any atom is -0.394 e. The van der Waals surface area contributed by atoms with Crippen LogP contribution in [0.25, 0.3) is 5.82 Å². The third-order valence-electron chi connectivity index (χ3n) is 2.40. The highest BCUT2D eigenvalue weighted by atomic mass is 15.4. The average Bonchev–Trinajstić information content (AvgIpc) is 2.71. The van der Waals surface area contributed by atoms with E-state index in [-0.39, 0.29) is 0 Å². The average molecular weight is 205 g/mol.